The van der Waals surface area contributed by atoms with Crippen LogP contribution < -0.4 is 21.7 Å². The minimum Gasteiger partial charge on any atom is -0.403 e. The first-order valence-electron chi connectivity index (χ1n) is 12.6. The molecule has 0 fully saturated rings. The number of nitrogens with zero attached hydrogens (tertiary/aromatic N) is 1. The van der Waals surface area contributed by atoms with Gasteiger partial charge in [0.25, 0.3) is 0 Å². The lowest BCUT2D eigenvalue weighted by Crippen LogP contribution is -2.13. The summed E-state index contributed by atoms with van der Waals surface area (Å²) in [5.41, 5.74) is 13.2. The number of hydrogen-bond donors (Lipinski definition) is 5. The van der Waals surface area contributed by atoms with E-state index in [1.807, 2.05) is 13.2 Å². The maximum Gasteiger partial charge on any atom is 0.207 e. The molecule has 3 aromatic rings. The highest BCUT2D eigenvalue weighted by atomic mass is 16.1. The van der Waals surface area contributed by atoms with Gasteiger partial charge in [0.2, 0.25) is 6.41 Å². The van der Waals surface area contributed by atoms with Gasteiger partial charge in [0, 0.05) is 24.9 Å². The Balaban J connectivity index is 1.56. The molecule has 1 amide bonds. The van der Waals surface area contributed by atoms with Gasteiger partial charge in [-0.05, 0) is 68.0 Å². The van der Waals surface area contributed by atoms with Gasteiger partial charge in [-0.15, -0.1) is 0 Å². The average molecular weight is 487 g/mol. The van der Waals surface area contributed by atoms with Gasteiger partial charge in [-0.25, -0.2) is 4.98 Å². The number of allylic oxidation sites excluding steroid dienone is 1. The molecule has 0 atom stereocenters. The Hall–Kier alpha value is -3.84. The Morgan fingerprint density at radius 3 is 2.31 bits per heavy atom. The normalized spacial score (nSPS) is 11.3. The second-order valence-electron chi connectivity index (χ2n) is 8.80. The van der Waals surface area contributed by atoms with E-state index in [1.165, 1.54) is 0 Å². The van der Waals surface area contributed by atoms with Crippen LogP contribution in [0, 0.1) is 0 Å². The molecule has 0 radical (unpaired) electrons. The summed E-state index contributed by atoms with van der Waals surface area (Å²) in [6, 6.07) is 16.8. The maximum absolute atomic E-state index is 10.3. The molecular weight excluding hydrogens is 448 g/mol. The zero-order valence-electron chi connectivity index (χ0n) is 21.1. The van der Waals surface area contributed by atoms with Crippen LogP contribution >= 0.6 is 0 Å². The molecule has 7 heteroatoms. The van der Waals surface area contributed by atoms with E-state index in [1.54, 1.807) is 6.20 Å². The third kappa shape index (κ3) is 8.13. The topological polar surface area (TPSA) is 108 Å². The summed E-state index contributed by atoms with van der Waals surface area (Å²) in [6.45, 7) is 5.86. The summed E-state index contributed by atoms with van der Waals surface area (Å²) in [6.07, 6.45) is 10.1. The number of aryl methyl sites for hydroxylation is 1. The Bertz CT molecular complexity index is 1120. The van der Waals surface area contributed by atoms with Crippen LogP contribution in [0.1, 0.15) is 43.5 Å². The zero-order valence-corrected chi connectivity index (χ0v) is 21.1. The van der Waals surface area contributed by atoms with Crippen LogP contribution in [-0.4, -0.2) is 36.5 Å². The van der Waals surface area contributed by atoms with Crippen molar-refractivity contribution in [2.45, 2.75) is 38.5 Å². The van der Waals surface area contributed by atoms with E-state index in [2.05, 4.69) is 81.0 Å². The van der Waals surface area contributed by atoms with E-state index in [9.17, 15) is 4.79 Å². The van der Waals surface area contributed by atoms with E-state index < -0.39 is 0 Å². The lowest BCUT2D eigenvalue weighted by molar-refractivity contribution is -0.109. The van der Waals surface area contributed by atoms with Crippen LogP contribution in [0.3, 0.4) is 0 Å². The van der Waals surface area contributed by atoms with Crippen molar-refractivity contribution in [3.63, 3.8) is 0 Å². The molecular formula is C29H38N6O. The van der Waals surface area contributed by atoms with Crippen molar-refractivity contribution in [3.8, 4) is 22.4 Å². The van der Waals surface area contributed by atoms with Gasteiger partial charge >= 0.3 is 0 Å². The lowest BCUT2D eigenvalue weighted by Gasteiger charge is -2.14. The standard InChI is InChI=1S/C29H38N6O/c1-22(7-3-5-17-31-2)34-27(19-30)25-13-9-23(10-14-25)24-11-15-26(16-12-24)28-20-33-29(35-28)8-4-6-18-32-21-36/h9-16,19-21,31,34H,1,3-8,17-18,30H2,2H3,(H,32,36)(H,33,35)/b27-19-. The summed E-state index contributed by atoms with van der Waals surface area (Å²) < 4.78 is 0. The highest BCUT2D eigenvalue weighted by molar-refractivity contribution is 5.72. The predicted octanol–water partition coefficient (Wildman–Crippen LogP) is 4.56. The molecule has 0 saturated heterocycles. The molecule has 0 spiro atoms. The quantitative estimate of drug-likeness (QED) is 0.151. The highest BCUT2D eigenvalue weighted by Gasteiger charge is 2.07. The first kappa shape index (κ1) is 26.8. The van der Waals surface area contributed by atoms with E-state index in [0.29, 0.717) is 6.54 Å². The molecule has 36 heavy (non-hydrogen) atoms. The number of nitrogens with one attached hydrogen (secondary N) is 4. The molecule has 1 aromatic heterocycles. The van der Waals surface area contributed by atoms with Crippen LogP contribution in [-0.2, 0) is 11.2 Å². The van der Waals surface area contributed by atoms with Crippen molar-refractivity contribution >= 4 is 12.1 Å². The van der Waals surface area contributed by atoms with E-state index in [0.717, 1.165) is 96.6 Å². The third-order valence-corrected chi connectivity index (χ3v) is 6.06. The van der Waals surface area contributed by atoms with Crippen LogP contribution in [0.15, 0.2) is 73.2 Å². The monoisotopic (exact) mass is 486 g/mol. The summed E-state index contributed by atoms with van der Waals surface area (Å²) in [5, 5.41) is 9.21. The average Bonchev–Trinajstić information content (AvgIpc) is 3.39. The summed E-state index contributed by atoms with van der Waals surface area (Å²) in [5.74, 6) is 0.966. The molecule has 190 valence electrons. The molecule has 7 nitrogen and oxygen atoms in total. The summed E-state index contributed by atoms with van der Waals surface area (Å²) in [4.78, 5) is 18.2. The first-order valence-corrected chi connectivity index (χ1v) is 12.6. The van der Waals surface area contributed by atoms with Gasteiger partial charge in [-0.1, -0.05) is 55.1 Å². The number of rotatable bonds is 16. The Morgan fingerprint density at radius 1 is 0.972 bits per heavy atom. The number of imidazole rings is 1. The van der Waals surface area contributed by atoms with Gasteiger partial charge < -0.3 is 26.7 Å². The largest absolute Gasteiger partial charge is 0.403 e. The number of nitrogens with two attached hydrogens (primary N) is 1. The fraction of sp³-hybridized carbons (Fsp3) is 0.310. The molecule has 0 saturated carbocycles. The fourth-order valence-corrected chi connectivity index (χ4v) is 4.00. The SMILES string of the molecule is C=C(CCCCNC)N/C(=C\N)c1ccc(-c2ccc(-c3cnc(CCCCNC=O)[nH]3)cc2)cc1. The molecule has 0 aliphatic rings. The van der Waals surface area contributed by atoms with E-state index in [-0.39, 0.29) is 0 Å². The maximum atomic E-state index is 10.3. The summed E-state index contributed by atoms with van der Waals surface area (Å²) >= 11 is 0. The van der Waals surface area contributed by atoms with Crippen LogP contribution in [0.5, 0.6) is 0 Å². The zero-order chi connectivity index (χ0) is 25.6. The van der Waals surface area contributed by atoms with Crippen molar-refractivity contribution < 1.29 is 4.79 Å². The van der Waals surface area contributed by atoms with Crippen LogP contribution in [0.25, 0.3) is 28.1 Å². The first-order chi connectivity index (χ1) is 17.6. The number of aromatic amines is 1. The van der Waals surface area contributed by atoms with Gasteiger partial charge in [-0.3, -0.25) is 4.79 Å². The minimum absolute atomic E-state index is 0.701. The van der Waals surface area contributed by atoms with Gasteiger partial charge in [0.05, 0.1) is 17.6 Å². The predicted molar refractivity (Wildman–Crippen MR) is 149 cm³/mol. The molecule has 0 bridgehead atoms. The van der Waals surface area contributed by atoms with E-state index >= 15 is 0 Å². The molecule has 3 rings (SSSR count). The highest BCUT2D eigenvalue weighted by Crippen LogP contribution is 2.26. The molecule has 0 aliphatic carbocycles. The second kappa shape index (κ2) is 14.5. The van der Waals surface area contributed by atoms with Crippen molar-refractivity contribution in [1.29, 1.82) is 0 Å². The molecule has 2 aromatic carbocycles. The lowest BCUT2D eigenvalue weighted by atomic mass is 10.0. The number of unbranched alkanes of at least 4 members (excludes halogenated alkanes) is 2. The Morgan fingerprint density at radius 2 is 1.64 bits per heavy atom. The molecule has 0 unspecified atom stereocenters. The van der Waals surface area contributed by atoms with Crippen LogP contribution in [0.2, 0.25) is 0 Å². The molecule has 6 N–H and O–H groups in total. The Labute approximate surface area is 214 Å². The van der Waals surface area contributed by atoms with Gasteiger partial charge in [0.15, 0.2) is 0 Å². The van der Waals surface area contributed by atoms with E-state index in [4.69, 9.17) is 5.73 Å². The number of carbonyl (C=O) groups is 1. The Kier molecular flexibility index (Phi) is 10.8. The minimum atomic E-state index is 0.701. The van der Waals surface area contributed by atoms with Crippen molar-refractivity contribution in [3.05, 3.63) is 84.6 Å². The summed E-state index contributed by atoms with van der Waals surface area (Å²) in [7, 11) is 1.97. The number of aromatic nitrogens is 2. The van der Waals surface area contributed by atoms with Gasteiger partial charge in [0.1, 0.15) is 5.82 Å². The molecule has 1 heterocycles. The molecule has 0 aliphatic heterocycles. The number of H-pyrrole nitrogens is 1. The van der Waals surface area contributed by atoms with Crippen molar-refractivity contribution in [1.82, 2.24) is 25.9 Å². The van der Waals surface area contributed by atoms with Crippen molar-refractivity contribution in [2.75, 3.05) is 20.1 Å². The number of amides is 1. The smallest absolute Gasteiger partial charge is 0.207 e. The fourth-order valence-electron chi connectivity index (χ4n) is 4.00. The number of carbonyl (C=O) groups excluding carboxylic acids is 1. The number of benzene rings is 2. The third-order valence-electron chi connectivity index (χ3n) is 6.06. The van der Waals surface area contributed by atoms with Crippen molar-refractivity contribution in [2.24, 2.45) is 5.73 Å². The van der Waals surface area contributed by atoms with Gasteiger partial charge in [-0.2, -0.15) is 0 Å². The number of hydrogen-bond acceptors (Lipinski definition) is 5. The van der Waals surface area contributed by atoms with Crippen LogP contribution in [0.4, 0.5) is 0 Å². The second-order valence-corrected chi connectivity index (χ2v) is 8.80.